The monoisotopic (exact) mass is 475 g/mol. The molecule has 0 atom stereocenters. The SMILES string of the molecule is CSc1cccc(NC(=O)Cn2cc(-c3nnc(CN4CCC(C)CC4)o3)c3ccccc32)c1. The molecule has 176 valence electrons. The molecule has 8 heteroatoms. The molecule has 0 unspecified atom stereocenters. The van der Waals surface area contributed by atoms with Crippen molar-refractivity contribution in [3.8, 4) is 11.5 Å². The molecule has 2 aromatic carbocycles. The van der Waals surface area contributed by atoms with E-state index in [0.717, 1.165) is 46.1 Å². The van der Waals surface area contributed by atoms with Crippen molar-refractivity contribution in [1.82, 2.24) is 19.7 Å². The van der Waals surface area contributed by atoms with Gasteiger partial charge in [-0.15, -0.1) is 22.0 Å². The fraction of sp³-hybridized carbons (Fsp3) is 0.346. The molecule has 5 rings (SSSR count). The molecule has 3 heterocycles. The minimum absolute atomic E-state index is 0.0869. The molecule has 1 saturated heterocycles. The summed E-state index contributed by atoms with van der Waals surface area (Å²) in [6.45, 7) is 5.30. The summed E-state index contributed by atoms with van der Waals surface area (Å²) in [5.41, 5.74) is 2.59. The number of nitrogens with one attached hydrogen (secondary N) is 1. The second-order valence-corrected chi connectivity index (χ2v) is 9.81. The summed E-state index contributed by atoms with van der Waals surface area (Å²) in [4.78, 5) is 16.3. The predicted octanol–water partition coefficient (Wildman–Crippen LogP) is 5.28. The van der Waals surface area contributed by atoms with Gasteiger partial charge in [-0.2, -0.15) is 0 Å². The van der Waals surface area contributed by atoms with Crippen molar-refractivity contribution in [2.75, 3.05) is 24.7 Å². The second-order valence-electron chi connectivity index (χ2n) is 8.93. The Morgan fingerprint density at radius 1 is 1.15 bits per heavy atom. The summed E-state index contributed by atoms with van der Waals surface area (Å²) in [7, 11) is 0. The quantitative estimate of drug-likeness (QED) is 0.366. The summed E-state index contributed by atoms with van der Waals surface area (Å²) in [5, 5.41) is 12.6. The van der Waals surface area contributed by atoms with Gasteiger partial charge in [-0.05, 0) is 62.4 Å². The summed E-state index contributed by atoms with van der Waals surface area (Å²) in [6.07, 6.45) is 6.36. The maximum atomic E-state index is 12.8. The first-order chi connectivity index (χ1) is 16.6. The van der Waals surface area contributed by atoms with Gasteiger partial charge >= 0.3 is 0 Å². The van der Waals surface area contributed by atoms with E-state index in [2.05, 4.69) is 27.3 Å². The Balaban J connectivity index is 1.34. The molecule has 1 amide bonds. The Labute approximate surface area is 203 Å². The van der Waals surface area contributed by atoms with Gasteiger partial charge in [0.2, 0.25) is 17.7 Å². The van der Waals surface area contributed by atoms with Crippen LogP contribution in [0.5, 0.6) is 0 Å². The lowest BCUT2D eigenvalue weighted by atomic mass is 9.99. The van der Waals surface area contributed by atoms with Crippen LogP contribution in [0.3, 0.4) is 0 Å². The number of carbonyl (C=O) groups is 1. The van der Waals surface area contributed by atoms with Crippen LogP contribution in [0.2, 0.25) is 0 Å². The zero-order valence-corrected chi connectivity index (χ0v) is 20.3. The molecule has 0 aliphatic carbocycles. The highest BCUT2D eigenvalue weighted by atomic mass is 32.2. The molecule has 34 heavy (non-hydrogen) atoms. The fourth-order valence-corrected chi connectivity index (χ4v) is 4.90. The standard InChI is InChI=1S/C26H29N5O2S/c1-18-10-12-30(13-11-18)17-25-28-29-26(33-25)22-15-31(23-9-4-3-8-21(22)23)16-24(32)27-19-6-5-7-20(14-19)34-2/h3-9,14-15,18H,10-13,16-17H2,1-2H3,(H,27,32). The third kappa shape index (κ3) is 5.03. The molecule has 0 saturated carbocycles. The number of likely N-dealkylation sites (tertiary alicyclic amines) is 1. The number of thioether (sulfide) groups is 1. The van der Waals surface area contributed by atoms with E-state index in [1.54, 1.807) is 11.8 Å². The largest absolute Gasteiger partial charge is 0.419 e. The van der Waals surface area contributed by atoms with Crippen LogP contribution >= 0.6 is 11.8 Å². The number of fused-ring (bicyclic) bond motifs is 1. The second kappa shape index (κ2) is 10.0. The Morgan fingerprint density at radius 3 is 2.79 bits per heavy atom. The van der Waals surface area contributed by atoms with Gasteiger partial charge in [0.15, 0.2) is 0 Å². The van der Waals surface area contributed by atoms with Crippen LogP contribution in [0, 0.1) is 5.92 Å². The van der Waals surface area contributed by atoms with Crippen LogP contribution in [0.1, 0.15) is 25.7 Å². The summed E-state index contributed by atoms with van der Waals surface area (Å²) in [5.74, 6) is 1.82. The van der Waals surface area contributed by atoms with Crippen LogP contribution in [-0.4, -0.2) is 44.9 Å². The molecule has 1 N–H and O–H groups in total. The molecule has 0 radical (unpaired) electrons. The van der Waals surface area contributed by atoms with Crippen molar-refractivity contribution in [3.63, 3.8) is 0 Å². The van der Waals surface area contributed by atoms with Gasteiger partial charge in [-0.3, -0.25) is 9.69 Å². The number of piperidine rings is 1. The predicted molar refractivity (Wildman–Crippen MR) is 136 cm³/mol. The highest BCUT2D eigenvalue weighted by Crippen LogP contribution is 2.30. The minimum atomic E-state index is -0.0869. The number of amides is 1. The molecule has 1 aliphatic rings. The normalized spacial score (nSPS) is 15.1. The van der Waals surface area contributed by atoms with Gasteiger partial charge < -0.3 is 14.3 Å². The number of rotatable bonds is 7. The average Bonchev–Trinajstić information content (AvgIpc) is 3.45. The highest BCUT2D eigenvalue weighted by Gasteiger charge is 2.20. The van der Waals surface area contributed by atoms with Crippen LogP contribution in [-0.2, 0) is 17.9 Å². The number of para-hydroxylation sites is 1. The van der Waals surface area contributed by atoms with E-state index in [0.29, 0.717) is 18.3 Å². The first kappa shape index (κ1) is 22.7. The Bertz CT molecular complexity index is 1290. The van der Waals surface area contributed by atoms with Crippen molar-refractivity contribution >= 4 is 34.3 Å². The molecule has 0 spiro atoms. The maximum absolute atomic E-state index is 12.8. The summed E-state index contributed by atoms with van der Waals surface area (Å²) >= 11 is 1.65. The van der Waals surface area contributed by atoms with Crippen LogP contribution in [0.4, 0.5) is 5.69 Å². The number of hydrogen-bond donors (Lipinski definition) is 1. The van der Waals surface area contributed by atoms with Crippen molar-refractivity contribution in [3.05, 3.63) is 60.6 Å². The van der Waals surface area contributed by atoms with Crippen molar-refractivity contribution in [2.45, 2.75) is 37.8 Å². The van der Waals surface area contributed by atoms with Crippen LogP contribution < -0.4 is 5.32 Å². The third-order valence-corrected chi connectivity index (χ3v) is 7.11. The molecule has 0 bridgehead atoms. The van der Waals surface area contributed by atoms with Gasteiger partial charge in [-0.1, -0.05) is 31.2 Å². The van der Waals surface area contributed by atoms with E-state index in [1.165, 1.54) is 12.8 Å². The van der Waals surface area contributed by atoms with Gasteiger partial charge in [0.05, 0.1) is 12.1 Å². The number of nitrogens with zero attached hydrogens (tertiary/aromatic N) is 4. The smallest absolute Gasteiger partial charge is 0.249 e. The number of anilines is 1. The van der Waals surface area contributed by atoms with E-state index in [4.69, 9.17) is 4.42 Å². The highest BCUT2D eigenvalue weighted by molar-refractivity contribution is 7.98. The Hall–Kier alpha value is -3.10. The molecule has 7 nitrogen and oxygen atoms in total. The average molecular weight is 476 g/mol. The van der Waals surface area contributed by atoms with E-state index in [9.17, 15) is 4.79 Å². The van der Waals surface area contributed by atoms with Gasteiger partial charge in [0, 0.05) is 27.7 Å². The fourth-order valence-electron chi connectivity index (χ4n) is 4.44. The molecular formula is C26H29N5O2S. The van der Waals surface area contributed by atoms with E-state index < -0.39 is 0 Å². The van der Waals surface area contributed by atoms with E-state index >= 15 is 0 Å². The van der Waals surface area contributed by atoms with Crippen molar-refractivity contribution in [2.24, 2.45) is 5.92 Å². The minimum Gasteiger partial charge on any atom is -0.419 e. The number of benzene rings is 2. The Morgan fingerprint density at radius 2 is 1.97 bits per heavy atom. The lowest BCUT2D eigenvalue weighted by molar-refractivity contribution is -0.116. The molecule has 4 aromatic rings. The first-order valence-electron chi connectivity index (χ1n) is 11.7. The molecular weight excluding hydrogens is 446 g/mol. The van der Waals surface area contributed by atoms with Gasteiger partial charge in [-0.25, -0.2) is 0 Å². The lowest BCUT2D eigenvalue weighted by Crippen LogP contribution is -2.32. The number of carbonyl (C=O) groups excluding carboxylic acids is 1. The summed E-state index contributed by atoms with van der Waals surface area (Å²) in [6, 6.07) is 15.8. The molecule has 1 aliphatic heterocycles. The van der Waals surface area contributed by atoms with Gasteiger partial charge in [0.25, 0.3) is 0 Å². The molecule has 2 aromatic heterocycles. The van der Waals surface area contributed by atoms with E-state index in [-0.39, 0.29) is 12.5 Å². The third-order valence-electron chi connectivity index (χ3n) is 6.39. The maximum Gasteiger partial charge on any atom is 0.249 e. The van der Waals surface area contributed by atoms with Crippen molar-refractivity contribution < 1.29 is 9.21 Å². The van der Waals surface area contributed by atoms with Crippen molar-refractivity contribution in [1.29, 1.82) is 0 Å². The Kier molecular flexibility index (Phi) is 6.69. The zero-order valence-electron chi connectivity index (χ0n) is 19.5. The van der Waals surface area contributed by atoms with E-state index in [1.807, 2.05) is 65.6 Å². The first-order valence-corrected chi connectivity index (χ1v) is 12.9. The topological polar surface area (TPSA) is 76.2 Å². The summed E-state index contributed by atoms with van der Waals surface area (Å²) < 4.78 is 8.01. The lowest BCUT2D eigenvalue weighted by Gasteiger charge is -2.28. The number of aromatic nitrogens is 3. The molecule has 1 fully saturated rings. The van der Waals surface area contributed by atoms with Crippen LogP contribution in [0.25, 0.3) is 22.4 Å². The van der Waals surface area contributed by atoms with Gasteiger partial charge in [0.1, 0.15) is 6.54 Å². The number of hydrogen-bond acceptors (Lipinski definition) is 6. The zero-order chi connectivity index (χ0) is 23.5. The van der Waals surface area contributed by atoms with Crippen LogP contribution in [0.15, 0.2) is 64.0 Å².